The summed E-state index contributed by atoms with van der Waals surface area (Å²) in [5.74, 6) is 1.42. The number of nitrogens with zero attached hydrogens (tertiary/aromatic N) is 1. The van der Waals surface area contributed by atoms with Gasteiger partial charge in [0.15, 0.2) is 5.76 Å². The highest BCUT2D eigenvalue weighted by Crippen LogP contribution is 2.24. The molecule has 2 aromatic rings. The summed E-state index contributed by atoms with van der Waals surface area (Å²) in [6.07, 6.45) is 2.28. The van der Waals surface area contributed by atoms with Gasteiger partial charge >= 0.3 is 0 Å². The van der Waals surface area contributed by atoms with Crippen molar-refractivity contribution in [3.05, 3.63) is 41.4 Å². The fourth-order valence-electron chi connectivity index (χ4n) is 1.92. The topological polar surface area (TPSA) is 52.0 Å². The average molecular weight is 230 g/mol. The van der Waals surface area contributed by atoms with E-state index in [4.69, 9.17) is 10.2 Å². The van der Waals surface area contributed by atoms with Gasteiger partial charge in [-0.3, -0.25) is 0 Å². The molecule has 2 N–H and O–H groups in total. The van der Waals surface area contributed by atoms with Crippen molar-refractivity contribution < 1.29 is 4.42 Å². The fraction of sp³-hybridized carbons (Fsp3) is 0.357. The lowest BCUT2D eigenvalue weighted by Crippen LogP contribution is -1.95. The molecule has 0 radical (unpaired) electrons. The molecule has 0 unspecified atom stereocenters. The normalized spacial score (nSPS) is 10.8. The summed E-state index contributed by atoms with van der Waals surface area (Å²) in [6, 6.07) is 8.45. The summed E-state index contributed by atoms with van der Waals surface area (Å²) in [7, 11) is 0. The van der Waals surface area contributed by atoms with Crippen LogP contribution in [0, 0.1) is 6.92 Å². The summed E-state index contributed by atoms with van der Waals surface area (Å²) in [5.41, 5.74) is 8.83. The molecule has 0 atom stereocenters. The van der Waals surface area contributed by atoms with Crippen LogP contribution >= 0.6 is 0 Å². The highest BCUT2D eigenvalue weighted by atomic mass is 16.4. The predicted octanol–water partition coefficient (Wildman–Crippen LogP) is 3.06. The maximum atomic E-state index is 5.61. The zero-order valence-corrected chi connectivity index (χ0v) is 10.4. The maximum Gasteiger partial charge on any atom is 0.208 e. The molecule has 2 rings (SSSR count). The van der Waals surface area contributed by atoms with Gasteiger partial charge in [-0.25, -0.2) is 4.98 Å². The van der Waals surface area contributed by atoms with E-state index >= 15 is 0 Å². The quantitative estimate of drug-likeness (QED) is 0.878. The Balaban J connectivity index is 2.29. The van der Waals surface area contributed by atoms with Crippen LogP contribution in [-0.2, 0) is 13.0 Å². The van der Waals surface area contributed by atoms with Crippen molar-refractivity contribution in [2.24, 2.45) is 5.73 Å². The lowest BCUT2D eigenvalue weighted by atomic mass is 10.1. The standard InChI is InChI=1S/C14H18N2O/c1-3-4-11-5-7-12(8-6-11)14-10(2)16-13(9-15)17-14/h5-8H,3-4,9,15H2,1-2H3. The smallest absolute Gasteiger partial charge is 0.208 e. The van der Waals surface area contributed by atoms with Crippen LogP contribution in [0.25, 0.3) is 11.3 Å². The Kier molecular flexibility index (Phi) is 3.59. The molecule has 0 amide bonds. The van der Waals surface area contributed by atoms with Gasteiger partial charge in [0.05, 0.1) is 12.2 Å². The van der Waals surface area contributed by atoms with E-state index in [1.807, 2.05) is 6.92 Å². The molecule has 3 heteroatoms. The molecule has 0 fully saturated rings. The molecule has 0 saturated heterocycles. The minimum absolute atomic E-state index is 0.342. The third kappa shape index (κ3) is 2.56. The average Bonchev–Trinajstić information content (AvgIpc) is 2.72. The second-order valence-corrected chi connectivity index (χ2v) is 4.17. The summed E-state index contributed by atoms with van der Waals surface area (Å²) in [4.78, 5) is 4.27. The number of oxazole rings is 1. The SMILES string of the molecule is CCCc1ccc(-c2oc(CN)nc2C)cc1. The lowest BCUT2D eigenvalue weighted by molar-refractivity contribution is 0.509. The van der Waals surface area contributed by atoms with Crippen LogP contribution in [0.3, 0.4) is 0 Å². The molecule has 1 aromatic heterocycles. The molecule has 0 aliphatic rings. The first kappa shape index (κ1) is 11.9. The van der Waals surface area contributed by atoms with Gasteiger partial charge in [0, 0.05) is 5.56 Å². The van der Waals surface area contributed by atoms with Gasteiger partial charge < -0.3 is 10.2 Å². The maximum absolute atomic E-state index is 5.61. The minimum Gasteiger partial charge on any atom is -0.439 e. The van der Waals surface area contributed by atoms with Crippen molar-refractivity contribution in [1.29, 1.82) is 0 Å². The Labute approximate surface area is 102 Å². The Morgan fingerprint density at radius 1 is 1.24 bits per heavy atom. The van der Waals surface area contributed by atoms with E-state index in [0.717, 1.165) is 29.9 Å². The van der Waals surface area contributed by atoms with E-state index in [-0.39, 0.29) is 0 Å². The van der Waals surface area contributed by atoms with E-state index in [1.54, 1.807) is 0 Å². The first-order chi connectivity index (χ1) is 8.24. The van der Waals surface area contributed by atoms with Gasteiger partial charge in [-0.15, -0.1) is 0 Å². The van der Waals surface area contributed by atoms with Gasteiger partial charge in [-0.2, -0.15) is 0 Å². The summed E-state index contributed by atoms with van der Waals surface area (Å²) in [5, 5.41) is 0. The second kappa shape index (κ2) is 5.15. The highest BCUT2D eigenvalue weighted by molar-refractivity contribution is 5.60. The summed E-state index contributed by atoms with van der Waals surface area (Å²) < 4.78 is 5.61. The molecular weight excluding hydrogens is 212 g/mol. The number of aryl methyl sites for hydroxylation is 2. The number of hydrogen-bond acceptors (Lipinski definition) is 3. The Morgan fingerprint density at radius 3 is 2.47 bits per heavy atom. The Bertz CT molecular complexity index is 485. The largest absolute Gasteiger partial charge is 0.439 e. The molecule has 3 nitrogen and oxygen atoms in total. The van der Waals surface area contributed by atoms with Crippen LogP contribution in [0.15, 0.2) is 28.7 Å². The van der Waals surface area contributed by atoms with Crippen molar-refractivity contribution in [2.75, 3.05) is 0 Å². The first-order valence-corrected chi connectivity index (χ1v) is 6.00. The highest BCUT2D eigenvalue weighted by Gasteiger charge is 2.10. The Morgan fingerprint density at radius 2 is 1.94 bits per heavy atom. The monoisotopic (exact) mass is 230 g/mol. The van der Waals surface area contributed by atoms with Gasteiger partial charge in [0.1, 0.15) is 0 Å². The third-order valence-corrected chi connectivity index (χ3v) is 2.77. The number of benzene rings is 1. The number of nitrogens with two attached hydrogens (primary N) is 1. The van der Waals surface area contributed by atoms with Crippen molar-refractivity contribution in [1.82, 2.24) is 4.98 Å². The molecule has 0 aliphatic carbocycles. The molecule has 17 heavy (non-hydrogen) atoms. The lowest BCUT2D eigenvalue weighted by Gasteiger charge is -2.01. The van der Waals surface area contributed by atoms with Crippen LogP contribution in [0.1, 0.15) is 30.5 Å². The van der Waals surface area contributed by atoms with E-state index in [2.05, 4.69) is 36.2 Å². The fourth-order valence-corrected chi connectivity index (χ4v) is 1.92. The van der Waals surface area contributed by atoms with Crippen LogP contribution in [0.2, 0.25) is 0 Å². The molecule has 0 bridgehead atoms. The number of hydrogen-bond donors (Lipinski definition) is 1. The first-order valence-electron chi connectivity index (χ1n) is 6.00. The van der Waals surface area contributed by atoms with Crippen LogP contribution < -0.4 is 5.73 Å². The van der Waals surface area contributed by atoms with E-state index < -0.39 is 0 Å². The molecule has 1 heterocycles. The summed E-state index contributed by atoms with van der Waals surface area (Å²) in [6.45, 7) is 4.47. The van der Waals surface area contributed by atoms with Crippen molar-refractivity contribution in [3.63, 3.8) is 0 Å². The second-order valence-electron chi connectivity index (χ2n) is 4.17. The molecule has 0 aliphatic heterocycles. The number of aromatic nitrogens is 1. The molecule has 90 valence electrons. The van der Waals surface area contributed by atoms with Crippen LogP contribution in [-0.4, -0.2) is 4.98 Å². The summed E-state index contributed by atoms with van der Waals surface area (Å²) >= 11 is 0. The van der Waals surface area contributed by atoms with Gasteiger partial charge in [-0.1, -0.05) is 37.6 Å². The Hall–Kier alpha value is -1.61. The van der Waals surface area contributed by atoms with Crippen molar-refractivity contribution in [3.8, 4) is 11.3 Å². The van der Waals surface area contributed by atoms with Crippen molar-refractivity contribution in [2.45, 2.75) is 33.2 Å². The van der Waals surface area contributed by atoms with Crippen molar-refractivity contribution >= 4 is 0 Å². The van der Waals surface area contributed by atoms with E-state index in [1.165, 1.54) is 5.56 Å². The van der Waals surface area contributed by atoms with Crippen LogP contribution in [0.5, 0.6) is 0 Å². The van der Waals surface area contributed by atoms with E-state index in [9.17, 15) is 0 Å². The molecular formula is C14H18N2O. The molecule has 0 saturated carbocycles. The van der Waals surface area contributed by atoms with Gasteiger partial charge in [0.25, 0.3) is 0 Å². The van der Waals surface area contributed by atoms with Crippen LogP contribution in [0.4, 0.5) is 0 Å². The minimum atomic E-state index is 0.342. The molecule has 0 spiro atoms. The zero-order valence-electron chi connectivity index (χ0n) is 10.4. The van der Waals surface area contributed by atoms with E-state index in [0.29, 0.717) is 12.4 Å². The third-order valence-electron chi connectivity index (χ3n) is 2.77. The van der Waals surface area contributed by atoms with Gasteiger partial charge in [0.2, 0.25) is 5.89 Å². The molecule has 1 aromatic carbocycles. The zero-order chi connectivity index (χ0) is 12.3. The number of rotatable bonds is 4. The van der Waals surface area contributed by atoms with Gasteiger partial charge in [-0.05, 0) is 18.9 Å². The predicted molar refractivity (Wildman–Crippen MR) is 68.6 cm³/mol.